The lowest BCUT2D eigenvalue weighted by atomic mass is 10.0. The second-order valence-corrected chi connectivity index (χ2v) is 5.86. The predicted octanol–water partition coefficient (Wildman–Crippen LogP) is 3.52. The molecule has 10 heteroatoms. The van der Waals surface area contributed by atoms with Gasteiger partial charge in [-0.15, -0.1) is 0 Å². The van der Waals surface area contributed by atoms with Crippen LogP contribution in [-0.2, 0) is 14.9 Å². The van der Waals surface area contributed by atoms with Crippen LogP contribution in [0.4, 0.5) is 22.0 Å². The van der Waals surface area contributed by atoms with Gasteiger partial charge in [0.25, 0.3) is 10.1 Å². The Morgan fingerprint density at radius 2 is 1.77 bits per heavy atom. The van der Waals surface area contributed by atoms with Crippen molar-refractivity contribution in [3.8, 4) is 0 Å². The maximum Gasteiger partial charge on any atom is 0.456 e. The maximum atomic E-state index is 13.6. The van der Waals surface area contributed by atoms with Crippen molar-refractivity contribution in [2.45, 2.75) is 36.9 Å². The Kier molecular flexibility index (Phi) is 5.20. The highest BCUT2D eigenvalue weighted by Gasteiger charge is 2.64. The molecule has 1 atom stereocenters. The molecule has 0 aromatic heterocycles. The molecule has 0 amide bonds. The van der Waals surface area contributed by atoms with E-state index in [0.29, 0.717) is 0 Å². The van der Waals surface area contributed by atoms with Gasteiger partial charge in [-0.2, -0.15) is 30.4 Å². The van der Waals surface area contributed by atoms with Gasteiger partial charge < -0.3 is 4.74 Å². The molecule has 0 spiro atoms. The number of hydrogen-bond acceptors (Lipinski definition) is 3. The summed E-state index contributed by atoms with van der Waals surface area (Å²) in [5, 5.41) is 0. The Labute approximate surface area is 123 Å². The molecule has 0 radical (unpaired) electrons. The van der Waals surface area contributed by atoms with Crippen LogP contribution in [0.5, 0.6) is 0 Å². The second-order valence-electron chi connectivity index (χ2n) is 4.47. The molecule has 0 aliphatic carbocycles. The molecule has 1 aromatic carbocycles. The number of alkyl halides is 5. The zero-order chi connectivity index (χ0) is 17.3. The lowest BCUT2D eigenvalue weighted by Crippen LogP contribution is -2.43. The normalized spacial score (nSPS) is 14.9. The third kappa shape index (κ3) is 3.73. The van der Waals surface area contributed by atoms with Gasteiger partial charge in [-0.05, 0) is 19.9 Å². The van der Waals surface area contributed by atoms with Crippen molar-refractivity contribution in [3.05, 3.63) is 29.3 Å². The van der Waals surface area contributed by atoms with Crippen molar-refractivity contribution in [2.75, 3.05) is 6.61 Å². The Morgan fingerprint density at radius 3 is 2.18 bits per heavy atom. The van der Waals surface area contributed by atoms with Crippen LogP contribution >= 0.6 is 0 Å². The Morgan fingerprint density at radius 1 is 1.23 bits per heavy atom. The monoisotopic (exact) mass is 348 g/mol. The van der Waals surface area contributed by atoms with Crippen LogP contribution in [0.2, 0.25) is 0 Å². The highest BCUT2D eigenvalue weighted by Crippen LogP contribution is 2.47. The van der Waals surface area contributed by atoms with E-state index >= 15 is 0 Å². The van der Waals surface area contributed by atoms with Crippen LogP contribution in [0.3, 0.4) is 0 Å². The standard InChI is InChI=1S/C12H13F5O4S/c1-3-21-10(11(13,14)12(15,16)17)8-6-7(2)4-5-9(8)22(18,19)20/h4-6,10H,3H2,1-2H3,(H,18,19,20). The van der Waals surface area contributed by atoms with Crippen LogP contribution in [0.1, 0.15) is 24.2 Å². The molecule has 0 fully saturated rings. The molecule has 126 valence electrons. The Hall–Kier alpha value is -1.26. The van der Waals surface area contributed by atoms with Crippen LogP contribution in [0.15, 0.2) is 23.1 Å². The molecular formula is C12H13F5O4S. The van der Waals surface area contributed by atoms with Crippen molar-refractivity contribution in [2.24, 2.45) is 0 Å². The van der Waals surface area contributed by atoms with Gasteiger partial charge >= 0.3 is 12.1 Å². The smallest absolute Gasteiger partial charge is 0.367 e. The number of aryl methyl sites for hydroxylation is 1. The van der Waals surface area contributed by atoms with E-state index in [4.69, 9.17) is 4.55 Å². The van der Waals surface area contributed by atoms with E-state index in [-0.39, 0.29) is 5.56 Å². The fraction of sp³-hybridized carbons (Fsp3) is 0.500. The van der Waals surface area contributed by atoms with Crippen molar-refractivity contribution in [1.29, 1.82) is 0 Å². The average molecular weight is 348 g/mol. The van der Waals surface area contributed by atoms with Crippen molar-refractivity contribution >= 4 is 10.1 Å². The second kappa shape index (κ2) is 6.09. The summed E-state index contributed by atoms with van der Waals surface area (Å²) in [5.74, 6) is -5.34. The van der Waals surface area contributed by atoms with E-state index in [9.17, 15) is 30.4 Å². The van der Waals surface area contributed by atoms with E-state index < -0.39 is 45.4 Å². The summed E-state index contributed by atoms with van der Waals surface area (Å²) in [6.45, 7) is 2.03. The SMILES string of the molecule is CCOC(c1cc(C)ccc1S(=O)(=O)O)C(F)(F)C(F)(F)F. The van der Waals surface area contributed by atoms with Gasteiger partial charge in [0.2, 0.25) is 0 Å². The molecule has 1 aromatic rings. The number of rotatable bonds is 5. The summed E-state index contributed by atoms with van der Waals surface area (Å²) < 4.78 is 101. The minimum Gasteiger partial charge on any atom is -0.367 e. The van der Waals surface area contributed by atoms with Crippen molar-refractivity contribution in [1.82, 2.24) is 0 Å². The topological polar surface area (TPSA) is 63.6 Å². The predicted molar refractivity (Wildman–Crippen MR) is 66.4 cm³/mol. The molecule has 22 heavy (non-hydrogen) atoms. The first-order valence-electron chi connectivity index (χ1n) is 5.96. The van der Waals surface area contributed by atoms with Gasteiger partial charge in [0.05, 0.1) is 4.90 Å². The number of ether oxygens (including phenoxy) is 1. The van der Waals surface area contributed by atoms with E-state index in [1.165, 1.54) is 13.8 Å². The van der Waals surface area contributed by atoms with Crippen molar-refractivity contribution < 1.29 is 39.7 Å². The molecule has 0 aliphatic rings. The zero-order valence-electron chi connectivity index (χ0n) is 11.5. The molecule has 1 unspecified atom stereocenters. The highest BCUT2D eigenvalue weighted by atomic mass is 32.2. The van der Waals surface area contributed by atoms with Gasteiger partial charge in [-0.3, -0.25) is 4.55 Å². The largest absolute Gasteiger partial charge is 0.456 e. The summed E-state index contributed by atoms with van der Waals surface area (Å²) in [7, 11) is -5.00. The zero-order valence-corrected chi connectivity index (χ0v) is 12.3. The lowest BCUT2D eigenvalue weighted by Gasteiger charge is -2.29. The van der Waals surface area contributed by atoms with E-state index in [1.54, 1.807) is 0 Å². The third-order valence-electron chi connectivity index (χ3n) is 2.77. The summed E-state index contributed by atoms with van der Waals surface area (Å²) >= 11 is 0. The van der Waals surface area contributed by atoms with Gasteiger partial charge in [0.1, 0.15) is 0 Å². The van der Waals surface area contributed by atoms with Crippen LogP contribution in [0, 0.1) is 6.92 Å². The van der Waals surface area contributed by atoms with Gasteiger partial charge in [0, 0.05) is 12.2 Å². The third-order valence-corrected chi connectivity index (χ3v) is 3.69. The van der Waals surface area contributed by atoms with Crippen molar-refractivity contribution in [3.63, 3.8) is 0 Å². The van der Waals surface area contributed by atoms with E-state index in [2.05, 4.69) is 4.74 Å². The quantitative estimate of drug-likeness (QED) is 0.653. The van der Waals surface area contributed by atoms with Gasteiger partial charge in [0.15, 0.2) is 6.10 Å². The summed E-state index contributed by atoms with van der Waals surface area (Å²) in [5.41, 5.74) is -0.725. The molecule has 0 aliphatic heterocycles. The van der Waals surface area contributed by atoms with Crippen LogP contribution in [-0.4, -0.2) is 31.7 Å². The lowest BCUT2D eigenvalue weighted by molar-refractivity contribution is -0.321. The maximum absolute atomic E-state index is 13.6. The number of halogens is 5. The molecule has 1 rings (SSSR count). The Balaban J connectivity index is 3.62. The molecule has 0 saturated carbocycles. The summed E-state index contributed by atoms with van der Waals surface area (Å²) in [6.07, 6.45) is -8.85. The average Bonchev–Trinajstić information content (AvgIpc) is 2.32. The number of hydrogen-bond donors (Lipinski definition) is 1. The number of benzene rings is 1. The Bertz CT molecular complexity index is 639. The summed E-state index contributed by atoms with van der Waals surface area (Å²) in [6, 6.07) is 2.71. The molecule has 0 heterocycles. The fourth-order valence-corrected chi connectivity index (χ4v) is 2.52. The molecule has 1 N–H and O–H groups in total. The molecular weight excluding hydrogens is 335 g/mol. The first kappa shape index (κ1) is 18.8. The van der Waals surface area contributed by atoms with Gasteiger partial charge in [-0.1, -0.05) is 17.7 Å². The van der Waals surface area contributed by atoms with Crippen LogP contribution in [0.25, 0.3) is 0 Å². The minimum absolute atomic E-state index is 0.227. The van der Waals surface area contributed by atoms with E-state index in [0.717, 1.165) is 18.2 Å². The minimum atomic E-state index is -5.95. The molecule has 4 nitrogen and oxygen atoms in total. The highest BCUT2D eigenvalue weighted by molar-refractivity contribution is 7.85. The van der Waals surface area contributed by atoms with Crippen LogP contribution < -0.4 is 0 Å². The van der Waals surface area contributed by atoms with Gasteiger partial charge in [-0.25, -0.2) is 0 Å². The fourth-order valence-electron chi connectivity index (χ4n) is 1.81. The van der Waals surface area contributed by atoms with E-state index in [1.807, 2.05) is 0 Å². The first-order valence-corrected chi connectivity index (χ1v) is 7.40. The molecule has 0 saturated heterocycles. The summed E-state index contributed by atoms with van der Waals surface area (Å²) in [4.78, 5) is -1.06. The molecule has 0 bridgehead atoms. The first-order chi connectivity index (χ1) is 9.82.